The lowest BCUT2D eigenvalue weighted by atomic mass is 10.7. The van der Waals surface area contributed by atoms with Crippen molar-refractivity contribution >= 4 is 16.4 Å². The third-order valence-electron chi connectivity index (χ3n) is 0.668. The van der Waals surface area contributed by atoms with Gasteiger partial charge in [-0.15, -0.1) is 0 Å². The van der Waals surface area contributed by atoms with Crippen LogP contribution in [0, 0.1) is 0 Å². The minimum absolute atomic E-state index is 0.711. The summed E-state index contributed by atoms with van der Waals surface area (Å²) in [6.45, 7) is 4.49. The Bertz CT molecular complexity index is 216. The third-order valence-corrected chi connectivity index (χ3v) is 0.668. The maximum Gasteiger partial charge on any atom is 0.435 e. The van der Waals surface area contributed by atoms with Gasteiger partial charge in [-0.05, 0) is 6.92 Å². The largest absolute Gasteiger partial charge is 0.482 e. The molecule has 0 radical (unpaired) electrons. The van der Waals surface area contributed by atoms with Gasteiger partial charge in [0.1, 0.15) is 0 Å². The fourth-order valence-electron chi connectivity index (χ4n) is 0.273. The zero-order valence-electron chi connectivity index (χ0n) is 7.11. The third kappa shape index (κ3) is 34.6. The van der Waals surface area contributed by atoms with Crippen LogP contribution in [0.5, 0.6) is 0 Å². The standard InChI is InChI=1S/C5H11NO.FHO3S/c1-4-7-5(2)6-3;1-5(2,3)4/h4H2,1-3H3;(H,2,3,4). The van der Waals surface area contributed by atoms with Crippen molar-refractivity contribution in [1.82, 2.24) is 0 Å². The van der Waals surface area contributed by atoms with E-state index < -0.39 is 10.5 Å². The van der Waals surface area contributed by atoms with Crippen LogP contribution in [0.15, 0.2) is 4.99 Å². The molecule has 0 aromatic heterocycles. The van der Waals surface area contributed by atoms with Gasteiger partial charge in [0.25, 0.3) is 0 Å². The van der Waals surface area contributed by atoms with Crippen molar-refractivity contribution in [3.05, 3.63) is 0 Å². The number of nitrogens with zero attached hydrogens (tertiary/aromatic N) is 1. The molecule has 0 fully saturated rings. The van der Waals surface area contributed by atoms with Crippen LogP contribution < -0.4 is 0 Å². The van der Waals surface area contributed by atoms with Gasteiger partial charge < -0.3 is 4.74 Å². The summed E-state index contributed by atoms with van der Waals surface area (Å²) in [7, 11) is -3.45. The molecular formula is C5H12FNO4S. The van der Waals surface area contributed by atoms with E-state index in [0.717, 1.165) is 5.90 Å². The number of halogens is 1. The van der Waals surface area contributed by atoms with Gasteiger partial charge in [0, 0.05) is 14.0 Å². The van der Waals surface area contributed by atoms with Gasteiger partial charge in [0.15, 0.2) is 5.90 Å². The van der Waals surface area contributed by atoms with Crippen molar-refractivity contribution in [3.8, 4) is 0 Å². The summed E-state index contributed by atoms with van der Waals surface area (Å²) < 4.78 is 39.0. The summed E-state index contributed by atoms with van der Waals surface area (Å²) >= 11 is 0. The quantitative estimate of drug-likeness (QED) is 0.295. The number of hydrogen-bond donors (Lipinski definition) is 1. The van der Waals surface area contributed by atoms with E-state index in [4.69, 9.17) is 17.7 Å². The molecule has 12 heavy (non-hydrogen) atoms. The number of hydrogen-bond acceptors (Lipinski definition) is 4. The number of rotatable bonds is 1. The van der Waals surface area contributed by atoms with Crippen LogP contribution >= 0.6 is 0 Å². The van der Waals surface area contributed by atoms with Gasteiger partial charge in [-0.3, -0.25) is 9.55 Å². The highest BCUT2D eigenvalue weighted by atomic mass is 32.3. The molecule has 0 aliphatic carbocycles. The van der Waals surface area contributed by atoms with Gasteiger partial charge in [0.2, 0.25) is 0 Å². The lowest BCUT2D eigenvalue weighted by molar-refractivity contribution is 0.324. The Hall–Kier alpha value is -0.690. The molecule has 1 N–H and O–H groups in total. The molecule has 0 aromatic carbocycles. The Morgan fingerprint density at radius 3 is 2.08 bits per heavy atom. The lowest BCUT2D eigenvalue weighted by Gasteiger charge is -1.96. The number of aliphatic imine (C=N–C) groups is 1. The predicted molar refractivity (Wildman–Crippen MR) is 43.3 cm³/mol. The first kappa shape index (κ1) is 13.9. The normalized spacial score (nSPS) is 11.6. The van der Waals surface area contributed by atoms with E-state index in [1.165, 1.54) is 0 Å². The maximum atomic E-state index is 10.2. The molecule has 0 aliphatic heterocycles. The molecule has 74 valence electrons. The molecule has 0 aromatic rings. The molecule has 0 heterocycles. The first-order valence-electron chi connectivity index (χ1n) is 3.04. The maximum absolute atomic E-state index is 10.2. The minimum atomic E-state index is -5.17. The van der Waals surface area contributed by atoms with E-state index in [2.05, 4.69) is 4.99 Å². The average Bonchev–Trinajstić information content (AvgIpc) is 1.85. The Kier molecular flexibility index (Phi) is 8.07. The van der Waals surface area contributed by atoms with Crippen LogP contribution in [0.1, 0.15) is 13.8 Å². The smallest absolute Gasteiger partial charge is 0.435 e. The molecule has 0 atom stereocenters. The summed E-state index contributed by atoms with van der Waals surface area (Å²) in [4.78, 5) is 3.77. The lowest BCUT2D eigenvalue weighted by Crippen LogP contribution is -1.96. The van der Waals surface area contributed by atoms with Crippen LogP contribution in [-0.2, 0) is 15.2 Å². The molecule has 0 amide bonds. The summed E-state index contributed by atoms with van der Waals surface area (Å²) in [5.41, 5.74) is 0. The Labute approximate surface area is 71.3 Å². The van der Waals surface area contributed by atoms with Crippen LogP contribution in [0.25, 0.3) is 0 Å². The Morgan fingerprint density at radius 2 is 2.00 bits per heavy atom. The van der Waals surface area contributed by atoms with Gasteiger partial charge in [-0.1, -0.05) is 3.89 Å². The molecule has 0 unspecified atom stereocenters. The molecule has 0 aliphatic rings. The van der Waals surface area contributed by atoms with Gasteiger partial charge in [0.05, 0.1) is 6.61 Å². The Balaban J connectivity index is 0. The zero-order chi connectivity index (χ0) is 10.2. The first-order chi connectivity index (χ1) is 5.31. The number of ether oxygens (including phenoxy) is 1. The minimum Gasteiger partial charge on any atom is -0.482 e. The molecule has 0 bridgehead atoms. The van der Waals surface area contributed by atoms with E-state index in [9.17, 15) is 3.89 Å². The Morgan fingerprint density at radius 1 is 1.67 bits per heavy atom. The van der Waals surface area contributed by atoms with Crippen molar-refractivity contribution in [3.63, 3.8) is 0 Å². The molecule has 0 rings (SSSR count). The summed E-state index contributed by atoms with van der Waals surface area (Å²) in [5, 5.41) is 0. The highest BCUT2D eigenvalue weighted by Crippen LogP contribution is 1.76. The average molecular weight is 201 g/mol. The molecule has 0 saturated heterocycles. The molecule has 0 saturated carbocycles. The summed E-state index contributed by atoms with van der Waals surface area (Å²) in [6.07, 6.45) is 0. The SMILES string of the molecule is CCOC(C)=NC.O=S(=O)(O)F. The van der Waals surface area contributed by atoms with Gasteiger partial charge >= 0.3 is 10.5 Å². The van der Waals surface area contributed by atoms with Gasteiger partial charge in [-0.25, -0.2) is 0 Å². The van der Waals surface area contributed by atoms with Crippen molar-refractivity contribution in [2.24, 2.45) is 4.99 Å². The van der Waals surface area contributed by atoms with Crippen molar-refractivity contribution in [2.45, 2.75) is 13.8 Å². The first-order valence-corrected chi connectivity index (χ1v) is 4.38. The summed E-state index contributed by atoms with van der Waals surface area (Å²) in [6, 6.07) is 0. The topological polar surface area (TPSA) is 76.0 Å². The van der Waals surface area contributed by atoms with Gasteiger partial charge in [-0.2, -0.15) is 8.42 Å². The molecule has 5 nitrogen and oxygen atoms in total. The highest BCUT2D eigenvalue weighted by molar-refractivity contribution is 7.80. The van der Waals surface area contributed by atoms with E-state index >= 15 is 0 Å². The van der Waals surface area contributed by atoms with Crippen molar-refractivity contribution in [1.29, 1.82) is 0 Å². The second-order valence-electron chi connectivity index (χ2n) is 1.59. The van der Waals surface area contributed by atoms with Crippen LogP contribution in [0.2, 0.25) is 0 Å². The second-order valence-corrected chi connectivity index (χ2v) is 2.41. The molecule has 7 heteroatoms. The fraction of sp³-hybridized carbons (Fsp3) is 0.800. The summed E-state index contributed by atoms with van der Waals surface area (Å²) in [5.74, 6) is 0.752. The van der Waals surface area contributed by atoms with E-state index in [-0.39, 0.29) is 0 Å². The van der Waals surface area contributed by atoms with Crippen LogP contribution in [-0.4, -0.2) is 32.5 Å². The van der Waals surface area contributed by atoms with Crippen LogP contribution in [0.3, 0.4) is 0 Å². The fourth-order valence-corrected chi connectivity index (χ4v) is 0.273. The zero-order valence-corrected chi connectivity index (χ0v) is 7.93. The molecule has 0 spiro atoms. The van der Waals surface area contributed by atoms with E-state index in [1.54, 1.807) is 7.05 Å². The van der Waals surface area contributed by atoms with Crippen LogP contribution in [0.4, 0.5) is 3.89 Å². The van der Waals surface area contributed by atoms with Crippen molar-refractivity contribution < 1.29 is 21.6 Å². The van der Waals surface area contributed by atoms with E-state index in [0.29, 0.717) is 6.61 Å². The molecular weight excluding hydrogens is 189 g/mol. The monoisotopic (exact) mass is 201 g/mol. The van der Waals surface area contributed by atoms with Crippen molar-refractivity contribution in [2.75, 3.05) is 13.7 Å². The predicted octanol–water partition coefficient (Wildman–Crippen LogP) is 0.830. The highest BCUT2D eigenvalue weighted by Gasteiger charge is 1.89. The second kappa shape index (κ2) is 6.99. The van der Waals surface area contributed by atoms with E-state index in [1.807, 2.05) is 13.8 Å².